The van der Waals surface area contributed by atoms with Gasteiger partial charge in [-0.05, 0) is 54.4 Å². The predicted octanol–water partition coefficient (Wildman–Crippen LogP) is 2.00. The van der Waals surface area contributed by atoms with Gasteiger partial charge in [-0.25, -0.2) is 9.97 Å². The number of imidazole rings is 2. The number of amides is 1. The number of carbonyl (C=O) groups excluding carboxylic acids is 1. The van der Waals surface area contributed by atoms with Gasteiger partial charge in [0.2, 0.25) is 0 Å². The molecule has 2 fully saturated rings. The van der Waals surface area contributed by atoms with E-state index >= 15 is 0 Å². The minimum absolute atomic E-state index is 0.0446. The molecule has 8 nitrogen and oxygen atoms in total. The van der Waals surface area contributed by atoms with Crippen LogP contribution in [0, 0.1) is 11.8 Å². The summed E-state index contributed by atoms with van der Waals surface area (Å²) in [5.41, 5.74) is 12.3. The van der Waals surface area contributed by atoms with E-state index in [-0.39, 0.29) is 11.9 Å². The molecule has 166 valence electrons. The van der Waals surface area contributed by atoms with Gasteiger partial charge in [0.15, 0.2) is 0 Å². The average molecular weight is 432 g/mol. The van der Waals surface area contributed by atoms with Crippen LogP contribution in [0.3, 0.4) is 0 Å². The SMILES string of the molecule is Cn1cnc2c1CC[C@H]2NC(=O)c1cn(Cc2ccc(N3CC4CC4C3)cc2CN)cn1. The maximum Gasteiger partial charge on any atom is 0.272 e. The number of fused-ring (bicyclic) bond motifs is 2. The molecule has 32 heavy (non-hydrogen) atoms. The molecule has 1 aliphatic heterocycles. The molecule has 8 heteroatoms. The molecule has 0 radical (unpaired) electrons. The lowest BCUT2D eigenvalue weighted by molar-refractivity contribution is 0.0931. The second kappa shape index (κ2) is 7.48. The van der Waals surface area contributed by atoms with Crippen LogP contribution in [0.15, 0.2) is 37.1 Å². The van der Waals surface area contributed by atoms with Crippen molar-refractivity contribution in [3.05, 3.63) is 65.3 Å². The summed E-state index contributed by atoms with van der Waals surface area (Å²) in [6.07, 6.45) is 8.55. The van der Waals surface area contributed by atoms with E-state index in [1.165, 1.54) is 36.5 Å². The third-order valence-corrected chi connectivity index (χ3v) is 7.37. The highest BCUT2D eigenvalue weighted by atomic mass is 16.2. The number of piperidine rings is 1. The number of nitrogens with two attached hydrogens (primary N) is 1. The fourth-order valence-electron chi connectivity index (χ4n) is 5.38. The molecule has 2 unspecified atom stereocenters. The number of carbonyl (C=O) groups is 1. The molecule has 3 aromatic rings. The van der Waals surface area contributed by atoms with E-state index in [0.29, 0.717) is 18.8 Å². The molecule has 1 saturated carbocycles. The summed E-state index contributed by atoms with van der Waals surface area (Å²) in [6.45, 7) is 3.50. The first kappa shape index (κ1) is 19.5. The minimum atomic E-state index is -0.158. The van der Waals surface area contributed by atoms with Crippen LogP contribution in [0.4, 0.5) is 5.69 Å². The summed E-state index contributed by atoms with van der Waals surface area (Å²) >= 11 is 0. The van der Waals surface area contributed by atoms with E-state index in [4.69, 9.17) is 5.73 Å². The average Bonchev–Trinajstić information content (AvgIpc) is 3.27. The van der Waals surface area contributed by atoms with Gasteiger partial charge in [-0.2, -0.15) is 0 Å². The van der Waals surface area contributed by atoms with E-state index in [2.05, 4.69) is 38.4 Å². The predicted molar refractivity (Wildman–Crippen MR) is 121 cm³/mol. The van der Waals surface area contributed by atoms with Crippen molar-refractivity contribution in [2.45, 2.75) is 38.4 Å². The number of benzene rings is 1. The lowest BCUT2D eigenvalue weighted by Gasteiger charge is -2.22. The summed E-state index contributed by atoms with van der Waals surface area (Å²) in [5.74, 6) is 1.65. The van der Waals surface area contributed by atoms with Crippen molar-refractivity contribution < 1.29 is 4.79 Å². The van der Waals surface area contributed by atoms with Crippen LogP contribution in [0.1, 0.15) is 51.9 Å². The summed E-state index contributed by atoms with van der Waals surface area (Å²) in [4.78, 5) is 24.1. The maximum atomic E-state index is 12.8. The highest BCUT2D eigenvalue weighted by molar-refractivity contribution is 5.92. The van der Waals surface area contributed by atoms with E-state index in [1.54, 1.807) is 6.33 Å². The molecule has 1 aromatic carbocycles. The van der Waals surface area contributed by atoms with Crippen LogP contribution < -0.4 is 16.0 Å². The summed E-state index contributed by atoms with van der Waals surface area (Å²) in [5, 5.41) is 3.09. The molecule has 3 N–H and O–H groups in total. The largest absolute Gasteiger partial charge is 0.371 e. The zero-order chi connectivity index (χ0) is 21.8. The standard InChI is InChI=1S/C24H29N7O/c1-29-13-27-23-20(4-5-22(23)29)28-24(32)21-12-30(14-26-21)9-15-2-3-19(7-16(15)8-25)31-10-17-6-18(17)11-31/h2-3,7,12-14,17-18,20H,4-6,8-11,25H2,1H3,(H,28,32)/t17?,18?,20-/m1/s1. The second-order valence-electron chi connectivity index (χ2n) is 9.50. The Morgan fingerprint density at radius 1 is 1.19 bits per heavy atom. The van der Waals surface area contributed by atoms with Crippen molar-refractivity contribution in [1.82, 2.24) is 24.4 Å². The highest BCUT2D eigenvalue weighted by Gasteiger charge is 2.45. The number of aryl methyl sites for hydroxylation is 1. The minimum Gasteiger partial charge on any atom is -0.371 e. The van der Waals surface area contributed by atoms with Crippen LogP contribution in [-0.2, 0) is 26.6 Å². The lowest BCUT2D eigenvalue weighted by atomic mass is 10.1. The first-order chi connectivity index (χ1) is 15.6. The maximum absolute atomic E-state index is 12.8. The normalized spacial score (nSPS) is 23.3. The molecule has 2 aromatic heterocycles. The Kier molecular flexibility index (Phi) is 4.57. The molecule has 3 aliphatic rings. The molecule has 3 atom stereocenters. The van der Waals surface area contributed by atoms with Crippen LogP contribution in [0.2, 0.25) is 0 Å². The van der Waals surface area contributed by atoms with Gasteiger partial charge >= 0.3 is 0 Å². The number of nitrogens with one attached hydrogen (secondary N) is 1. The van der Waals surface area contributed by atoms with Crippen molar-refractivity contribution in [2.24, 2.45) is 24.6 Å². The van der Waals surface area contributed by atoms with Crippen LogP contribution in [0.5, 0.6) is 0 Å². The van der Waals surface area contributed by atoms with E-state index in [0.717, 1.165) is 35.9 Å². The van der Waals surface area contributed by atoms with Gasteiger partial charge in [0.05, 0.1) is 24.4 Å². The highest BCUT2D eigenvalue weighted by Crippen LogP contribution is 2.46. The zero-order valence-electron chi connectivity index (χ0n) is 18.4. The molecular formula is C24H29N7O. The van der Waals surface area contributed by atoms with Crippen molar-refractivity contribution in [3.63, 3.8) is 0 Å². The van der Waals surface area contributed by atoms with E-state index in [9.17, 15) is 4.79 Å². The monoisotopic (exact) mass is 431 g/mol. The van der Waals surface area contributed by atoms with Crippen molar-refractivity contribution >= 4 is 11.6 Å². The van der Waals surface area contributed by atoms with Crippen LogP contribution in [-0.4, -0.2) is 38.1 Å². The number of nitrogens with zero attached hydrogens (tertiary/aromatic N) is 5. The van der Waals surface area contributed by atoms with E-state index < -0.39 is 0 Å². The number of hydrogen-bond donors (Lipinski definition) is 2. The second-order valence-corrected chi connectivity index (χ2v) is 9.50. The number of rotatable bonds is 6. The Morgan fingerprint density at radius 2 is 2.03 bits per heavy atom. The Bertz CT molecular complexity index is 1170. The summed E-state index contributed by atoms with van der Waals surface area (Å²) < 4.78 is 3.98. The van der Waals surface area contributed by atoms with Gasteiger partial charge in [-0.15, -0.1) is 0 Å². The number of aromatic nitrogens is 4. The van der Waals surface area contributed by atoms with Crippen LogP contribution >= 0.6 is 0 Å². The molecule has 0 spiro atoms. The summed E-state index contributed by atoms with van der Waals surface area (Å²) in [7, 11) is 1.99. The van der Waals surface area contributed by atoms with Gasteiger partial charge in [-0.1, -0.05) is 6.07 Å². The Morgan fingerprint density at radius 3 is 2.84 bits per heavy atom. The molecular weight excluding hydrogens is 402 g/mol. The number of hydrogen-bond acceptors (Lipinski definition) is 5. The zero-order valence-corrected chi connectivity index (χ0v) is 18.4. The topological polar surface area (TPSA) is 94.0 Å². The fourth-order valence-corrected chi connectivity index (χ4v) is 5.38. The van der Waals surface area contributed by atoms with E-state index in [1.807, 2.05) is 28.7 Å². The molecule has 3 heterocycles. The van der Waals surface area contributed by atoms with Gasteiger partial charge in [-0.3, -0.25) is 4.79 Å². The van der Waals surface area contributed by atoms with Crippen molar-refractivity contribution in [1.29, 1.82) is 0 Å². The summed E-state index contributed by atoms with van der Waals surface area (Å²) in [6, 6.07) is 6.56. The van der Waals surface area contributed by atoms with Crippen molar-refractivity contribution in [3.8, 4) is 0 Å². The molecule has 0 bridgehead atoms. The quantitative estimate of drug-likeness (QED) is 0.623. The molecule has 1 amide bonds. The van der Waals surface area contributed by atoms with Crippen molar-refractivity contribution in [2.75, 3.05) is 18.0 Å². The Balaban J connectivity index is 1.13. The Labute approximate surface area is 187 Å². The lowest BCUT2D eigenvalue weighted by Crippen LogP contribution is -2.27. The molecule has 2 aliphatic carbocycles. The molecule has 6 rings (SSSR count). The van der Waals surface area contributed by atoms with Gasteiger partial charge < -0.3 is 25.1 Å². The number of anilines is 1. The smallest absolute Gasteiger partial charge is 0.272 e. The van der Waals surface area contributed by atoms with Gasteiger partial charge in [0, 0.05) is 50.8 Å². The third-order valence-electron chi connectivity index (χ3n) is 7.37. The first-order valence-electron chi connectivity index (χ1n) is 11.5. The fraction of sp³-hybridized carbons (Fsp3) is 0.458. The molecule has 1 saturated heterocycles. The van der Waals surface area contributed by atoms with Gasteiger partial charge in [0.1, 0.15) is 5.69 Å². The third kappa shape index (κ3) is 3.39. The van der Waals surface area contributed by atoms with Crippen LogP contribution in [0.25, 0.3) is 0 Å². The van der Waals surface area contributed by atoms with Gasteiger partial charge in [0.25, 0.3) is 5.91 Å². The first-order valence-corrected chi connectivity index (χ1v) is 11.5. The Hall–Kier alpha value is -3.13.